The van der Waals surface area contributed by atoms with E-state index in [1.54, 1.807) is 4.90 Å². The normalized spacial score (nSPS) is 12.6. The first-order chi connectivity index (χ1) is 6.11. The first-order valence-corrected chi connectivity index (χ1v) is 5.56. The lowest BCUT2D eigenvalue weighted by Crippen LogP contribution is -2.36. The molecule has 0 fully saturated rings. The number of amides is 1. The molecule has 0 radical (unpaired) electrons. The van der Waals surface area contributed by atoms with Crippen LogP contribution in [0.4, 0.5) is 0 Å². The molecule has 0 aromatic heterocycles. The maximum absolute atomic E-state index is 11.5. The van der Waals surface area contributed by atoms with Gasteiger partial charge in [-0.15, -0.1) is 23.2 Å². The number of carbonyl (C=O) groups excluding carboxylic acids is 1. The van der Waals surface area contributed by atoms with Gasteiger partial charge in [-0.3, -0.25) is 4.79 Å². The van der Waals surface area contributed by atoms with E-state index in [1.807, 2.05) is 13.8 Å². The minimum absolute atomic E-state index is 0.0102. The van der Waals surface area contributed by atoms with E-state index in [9.17, 15) is 4.79 Å². The zero-order valence-corrected chi connectivity index (χ0v) is 9.74. The Morgan fingerprint density at radius 3 is 2.54 bits per heavy atom. The van der Waals surface area contributed by atoms with Crippen LogP contribution in [-0.2, 0) is 4.79 Å². The maximum Gasteiger partial charge on any atom is 0.222 e. The number of rotatable bonds is 6. The summed E-state index contributed by atoms with van der Waals surface area (Å²) in [7, 11) is 0. The van der Waals surface area contributed by atoms with Gasteiger partial charge in [-0.25, -0.2) is 0 Å². The second-order valence-corrected chi connectivity index (χ2v) is 4.18. The van der Waals surface area contributed by atoms with Crippen molar-refractivity contribution in [1.82, 2.24) is 4.90 Å². The summed E-state index contributed by atoms with van der Waals surface area (Å²) in [5.74, 6) is 0.620. The number of alkyl halides is 2. The van der Waals surface area contributed by atoms with E-state index in [0.29, 0.717) is 25.4 Å². The molecule has 0 aromatic rings. The van der Waals surface area contributed by atoms with Crippen molar-refractivity contribution >= 4 is 29.1 Å². The van der Waals surface area contributed by atoms with E-state index < -0.39 is 0 Å². The van der Waals surface area contributed by atoms with E-state index in [4.69, 9.17) is 23.2 Å². The lowest BCUT2D eigenvalue weighted by molar-refractivity contribution is -0.131. The molecule has 0 saturated carbocycles. The monoisotopic (exact) mass is 225 g/mol. The summed E-state index contributed by atoms with van der Waals surface area (Å²) in [5.41, 5.74) is 0. The van der Waals surface area contributed by atoms with Crippen molar-refractivity contribution in [3.05, 3.63) is 0 Å². The molecular formula is C9H17Cl2NO. The van der Waals surface area contributed by atoms with Crippen LogP contribution in [0.5, 0.6) is 0 Å². The molecule has 13 heavy (non-hydrogen) atoms. The fraction of sp³-hybridized carbons (Fsp3) is 0.889. The van der Waals surface area contributed by atoms with Crippen molar-refractivity contribution in [1.29, 1.82) is 0 Å². The molecule has 1 atom stereocenters. The number of nitrogens with zero attached hydrogens (tertiary/aromatic N) is 1. The van der Waals surface area contributed by atoms with Crippen LogP contribution in [0.15, 0.2) is 0 Å². The molecule has 0 rings (SSSR count). The first-order valence-electron chi connectivity index (χ1n) is 4.59. The van der Waals surface area contributed by atoms with Crippen molar-refractivity contribution in [2.24, 2.45) is 0 Å². The number of hydrogen-bond acceptors (Lipinski definition) is 1. The lowest BCUT2D eigenvalue weighted by atomic mass is 10.3. The summed E-state index contributed by atoms with van der Waals surface area (Å²) >= 11 is 11.4. The van der Waals surface area contributed by atoms with Gasteiger partial charge in [0.05, 0.1) is 0 Å². The molecule has 0 spiro atoms. The van der Waals surface area contributed by atoms with Crippen molar-refractivity contribution in [3.63, 3.8) is 0 Å². The second-order valence-electron chi connectivity index (χ2n) is 3.06. The number of hydrogen-bond donors (Lipinski definition) is 0. The van der Waals surface area contributed by atoms with E-state index in [-0.39, 0.29) is 11.3 Å². The van der Waals surface area contributed by atoms with Gasteiger partial charge in [0.15, 0.2) is 0 Å². The topological polar surface area (TPSA) is 20.3 Å². The molecule has 0 aliphatic heterocycles. The summed E-state index contributed by atoms with van der Waals surface area (Å²) in [6.45, 7) is 5.05. The highest BCUT2D eigenvalue weighted by molar-refractivity contribution is 6.20. The number of halogens is 2. The van der Waals surface area contributed by atoms with E-state index in [0.717, 1.165) is 6.42 Å². The van der Waals surface area contributed by atoms with Gasteiger partial charge in [0.2, 0.25) is 5.91 Å². The molecule has 4 heteroatoms. The Bertz CT molecular complexity index is 151. The van der Waals surface area contributed by atoms with Crippen molar-refractivity contribution in [2.45, 2.75) is 32.1 Å². The Morgan fingerprint density at radius 2 is 2.15 bits per heavy atom. The molecule has 0 aliphatic rings. The summed E-state index contributed by atoms with van der Waals surface area (Å²) < 4.78 is 0. The fourth-order valence-electron chi connectivity index (χ4n) is 1.10. The van der Waals surface area contributed by atoms with Gasteiger partial charge >= 0.3 is 0 Å². The second kappa shape index (κ2) is 7.45. The third-order valence-electron chi connectivity index (χ3n) is 1.64. The van der Waals surface area contributed by atoms with Gasteiger partial charge in [0.25, 0.3) is 0 Å². The molecule has 0 heterocycles. The van der Waals surface area contributed by atoms with Crippen LogP contribution in [0, 0.1) is 0 Å². The van der Waals surface area contributed by atoms with Crippen molar-refractivity contribution in [3.8, 4) is 0 Å². The SMILES string of the molecule is CCCC(=O)N(CCCl)CC(C)Cl. The quantitative estimate of drug-likeness (QED) is 0.637. The first kappa shape index (κ1) is 13.1. The minimum atomic E-state index is -0.0102. The molecule has 78 valence electrons. The van der Waals surface area contributed by atoms with E-state index in [2.05, 4.69) is 0 Å². The highest BCUT2D eigenvalue weighted by atomic mass is 35.5. The van der Waals surface area contributed by atoms with Crippen LogP contribution < -0.4 is 0 Å². The van der Waals surface area contributed by atoms with Crippen LogP contribution in [0.25, 0.3) is 0 Å². The standard InChI is InChI=1S/C9H17Cl2NO/c1-3-4-9(13)12(6-5-10)7-8(2)11/h8H,3-7H2,1-2H3. The Morgan fingerprint density at radius 1 is 1.54 bits per heavy atom. The van der Waals surface area contributed by atoms with Crippen LogP contribution >= 0.6 is 23.2 Å². The minimum Gasteiger partial charge on any atom is -0.340 e. The molecule has 0 aromatic carbocycles. The third-order valence-corrected chi connectivity index (χ3v) is 1.95. The molecule has 1 amide bonds. The Kier molecular flexibility index (Phi) is 7.48. The Balaban J connectivity index is 3.98. The molecule has 2 nitrogen and oxygen atoms in total. The summed E-state index contributed by atoms with van der Waals surface area (Å²) in [6, 6.07) is 0. The average Bonchev–Trinajstić information content (AvgIpc) is 2.03. The van der Waals surface area contributed by atoms with E-state index >= 15 is 0 Å². The lowest BCUT2D eigenvalue weighted by Gasteiger charge is -2.22. The largest absolute Gasteiger partial charge is 0.340 e. The molecule has 0 bridgehead atoms. The third kappa shape index (κ3) is 6.17. The summed E-state index contributed by atoms with van der Waals surface area (Å²) in [5, 5.41) is -0.0102. The van der Waals surface area contributed by atoms with Gasteiger partial charge in [-0.1, -0.05) is 6.92 Å². The molecule has 0 aliphatic carbocycles. The predicted octanol–water partition coefficient (Wildman–Crippen LogP) is 2.48. The van der Waals surface area contributed by atoms with Gasteiger partial charge in [0, 0.05) is 30.8 Å². The highest BCUT2D eigenvalue weighted by Gasteiger charge is 2.13. The molecule has 1 unspecified atom stereocenters. The van der Waals surface area contributed by atoms with Crippen LogP contribution in [0.1, 0.15) is 26.7 Å². The van der Waals surface area contributed by atoms with Crippen LogP contribution in [0.3, 0.4) is 0 Å². The number of carbonyl (C=O) groups is 1. The maximum atomic E-state index is 11.5. The molecule has 0 saturated heterocycles. The smallest absolute Gasteiger partial charge is 0.222 e. The van der Waals surface area contributed by atoms with Gasteiger partial charge in [-0.05, 0) is 13.3 Å². The van der Waals surface area contributed by atoms with Gasteiger partial charge in [0.1, 0.15) is 0 Å². The van der Waals surface area contributed by atoms with E-state index in [1.165, 1.54) is 0 Å². The van der Waals surface area contributed by atoms with Gasteiger partial charge in [-0.2, -0.15) is 0 Å². The van der Waals surface area contributed by atoms with Crippen molar-refractivity contribution < 1.29 is 4.79 Å². The molecule has 0 N–H and O–H groups in total. The summed E-state index contributed by atoms with van der Waals surface area (Å²) in [6.07, 6.45) is 1.45. The fourth-order valence-corrected chi connectivity index (χ4v) is 1.47. The highest BCUT2D eigenvalue weighted by Crippen LogP contribution is 2.03. The predicted molar refractivity (Wildman–Crippen MR) is 57.5 cm³/mol. The van der Waals surface area contributed by atoms with Gasteiger partial charge < -0.3 is 4.90 Å². The average molecular weight is 226 g/mol. The Labute approximate surface area is 90.2 Å². The van der Waals surface area contributed by atoms with Crippen molar-refractivity contribution in [2.75, 3.05) is 19.0 Å². The van der Waals surface area contributed by atoms with Crippen LogP contribution in [0.2, 0.25) is 0 Å². The Hall–Kier alpha value is 0.0500. The summed E-state index contributed by atoms with van der Waals surface area (Å²) in [4.78, 5) is 13.2. The zero-order valence-electron chi connectivity index (χ0n) is 8.22. The zero-order chi connectivity index (χ0) is 10.3. The molecular weight excluding hydrogens is 209 g/mol. The van der Waals surface area contributed by atoms with Crippen LogP contribution in [-0.4, -0.2) is 35.2 Å².